The van der Waals surface area contributed by atoms with Crippen LogP contribution in [0.5, 0.6) is 0 Å². The molecule has 1 rings (SSSR count). The first kappa shape index (κ1) is 16.1. The Labute approximate surface area is 123 Å². The molecule has 0 aromatic heterocycles. The molecule has 0 spiro atoms. The van der Waals surface area contributed by atoms with Crippen LogP contribution in [0, 0.1) is 5.92 Å². The molecule has 0 aliphatic carbocycles. The van der Waals surface area contributed by atoms with E-state index in [4.69, 9.17) is 18.0 Å². The molecule has 19 heavy (non-hydrogen) atoms. The zero-order chi connectivity index (χ0) is 14.1. The molecule has 0 radical (unpaired) electrons. The SMILES string of the molecule is CC(C)CN(CCCc1ccccc1)CCC(N)=S. The Morgan fingerprint density at radius 1 is 1.21 bits per heavy atom. The number of rotatable bonds is 9. The maximum absolute atomic E-state index is 5.60. The van der Waals surface area contributed by atoms with Crippen molar-refractivity contribution in [2.45, 2.75) is 33.1 Å². The number of nitrogens with zero attached hydrogens (tertiary/aromatic N) is 1. The minimum Gasteiger partial charge on any atom is -0.393 e. The van der Waals surface area contributed by atoms with E-state index in [-0.39, 0.29) is 0 Å². The summed E-state index contributed by atoms with van der Waals surface area (Å²) in [6.45, 7) is 7.74. The highest BCUT2D eigenvalue weighted by Gasteiger charge is 2.07. The average Bonchev–Trinajstić information content (AvgIpc) is 2.36. The minimum absolute atomic E-state index is 0.622. The summed E-state index contributed by atoms with van der Waals surface area (Å²) in [5.41, 5.74) is 7.01. The van der Waals surface area contributed by atoms with Gasteiger partial charge in [-0.25, -0.2) is 0 Å². The molecular weight excluding hydrogens is 252 g/mol. The molecular formula is C16H26N2S. The predicted molar refractivity (Wildman–Crippen MR) is 87.4 cm³/mol. The van der Waals surface area contributed by atoms with Crippen LogP contribution in [0.3, 0.4) is 0 Å². The summed E-state index contributed by atoms with van der Waals surface area (Å²) < 4.78 is 0. The van der Waals surface area contributed by atoms with Gasteiger partial charge in [0.25, 0.3) is 0 Å². The van der Waals surface area contributed by atoms with Gasteiger partial charge in [-0.05, 0) is 30.9 Å². The van der Waals surface area contributed by atoms with Gasteiger partial charge in [0.15, 0.2) is 0 Å². The normalized spacial score (nSPS) is 11.2. The van der Waals surface area contributed by atoms with E-state index in [1.54, 1.807) is 0 Å². The average molecular weight is 278 g/mol. The number of hydrogen-bond donors (Lipinski definition) is 1. The monoisotopic (exact) mass is 278 g/mol. The Balaban J connectivity index is 2.33. The van der Waals surface area contributed by atoms with Crippen molar-refractivity contribution in [2.75, 3.05) is 19.6 Å². The molecule has 0 saturated heterocycles. The van der Waals surface area contributed by atoms with Gasteiger partial charge in [-0.2, -0.15) is 0 Å². The van der Waals surface area contributed by atoms with E-state index in [9.17, 15) is 0 Å². The van der Waals surface area contributed by atoms with Crippen LogP contribution in [-0.4, -0.2) is 29.5 Å². The highest BCUT2D eigenvalue weighted by atomic mass is 32.1. The molecule has 0 atom stereocenters. The van der Waals surface area contributed by atoms with E-state index < -0.39 is 0 Å². The Bertz CT molecular complexity index is 362. The van der Waals surface area contributed by atoms with E-state index in [0.29, 0.717) is 10.9 Å². The van der Waals surface area contributed by atoms with Crippen molar-refractivity contribution < 1.29 is 0 Å². The molecule has 1 aromatic carbocycles. The van der Waals surface area contributed by atoms with E-state index in [0.717, 1.165) is 32.5 Å². The van der Waals surface area contributed by atoms with Crippen molar-refractivity contribution in [3.8, 4) is 0 Å². The minimum atomic E-state index is 0.622. The van der Waals surface area contributed by atoms with Crippen LogP contribution in [0.1, 0.15) is 32.3 Å². The molecule has 0 unspecified atom stereocenters. The van der Waals surface area contributed by atoms with Crippen molar-refractivity contribution >= 4 is 17.2 Å². The lowest BCUT2D eigenvalue weighted by Gasteiger charge is -2.24. The summed E-state index contributed by atoms with van der Waals surface area (Å²) >= 11 is 4.97. The Kier molecular flexibility index (Phi) is 7.68. The molecule has 0 amide bonds. The summed E-state index contributed by atoms with van der Waals surface area (Å²) in [7, 11) is 0. The smallest absolute Gasteiger partial charge is 0.0740 e. The summed E-state index contributed by atoms with van der Waals surface area (Å²) in [6, 6.07) is 10.7. The second-order valence-electron chi connectivity index (χ2n) is 5.50. The number of nitrogens with two attached hydrogens (primary N) is 1. The summed E-state index contributed by atoms with van der Waals surface area (Å²) in [4.78, 5) is 3.10. The van der Waals surface area contributed by atoms with Gasteiger partial charge in [-0.15, -0.1) is 0 Å². The maximum atomic E-state index is 5.60. The summed E-state index contributed by atoms with van der Waals surface area (Å²) in [5.74, 6) is 0.683. The molecule has 0 fully saturated rings. The Hall–Kier alpha value is -0.930. The van der Waals surface area contributed by atoms with Crippen molar-refractivity contribution in [1.82, 2.24) is 4.90 Å². The third kappa shape index (κ3) is 7.96. The van der Waals surface area contributed by atoms with Crippen LogP contribution in [0.2, 0.25) is 0 Å². The van der Waals surface area contributed by atoms with Crippen LogP contribution in [0.25, 0.3) is 0 Å². The van der Waals surface area contributed by atoms with Gasteiger partial charge in [0.05, 0.1) is 4.99 Å². The molecule has 0 heterocycles. The molecule has 0 saturated carbocycles. The number of aryl methyl sites for hydroxylation is 1. The van der Waals surface area contributed by atoms with Gasteiger partial charge in [0.2, 0.25) is 0 Å². The summed E-state index contributed by atoms with van der Waals surface area (Å²) in [6.07, 6.45) is 3.16. The van der Waals surface area contributed by atoms with Crippen molar-refractivity contribution in [1.29, 1.82) is 0 Å². The van der Waals surface area contributed by atoms with Crippen LogP contribution in [-0.2, 0) is 6.42 Å². The topological polar surface area (TPSA) is 29.3 Å². The fraction of sp³-hybridized carbons (Fsp3) is 0.562. The standard InChI is InChI=1S/C16H26N2S/c1-14(2)13-18(12-10-16(17)19)11-6-9-15-7-4-3-5-8-15/h3-5,7-8,14H,6,9-13H2,1-2H3,(H2,17,19). The first-order chi connectivity index (χ1) is 9.08. The summed E-state index contributed by atoms with van der Waals surface area (Å²) in [5, 5.41) is 0. The fourth-order valence-electron chi connectivity index (χ4n) is 2.23. The molecule has 0 aliphatic heterocycles. The maximum Gasteiger partial charge on any atom is 0.0740 e. The van der Waals surface area contributed by atoms with Crippen LogP contribution in [0.4, 0.5) is 0 Å². The first-order valence-corrected chi connectivity index (χ1v) is 7.53. The third-order valence-electron chi connectivity index (χ3n) is 3.08. The van der Waals surface area contributed by atoms with Crippen molar-refractivity contribution in [2.24, 2.45) is 11.7 Å². The van der Waals surface area contributed by atoms with Crippen LogP contribution >= 0.6 is 12.2 Å². The lowest BCUT2D eigenvalue weighted by atomic mass is 10.1. The van der Waals surface area contributed by atoms with Gasteiger partial charge in [-0.1, -0.05) is 56.4 Å². The van der Waals surface area contributed by atoms with Gasteiger partial charge >= 0.3 is 0 Å². The van der Waals surface area contributed by atoms with Crippen LogP contribution < -0.4 is 5.73 Å². The van der Waals surface area contributed by atoms with Gasteiger partial charge < -0.3 is 10.6 Å². The lowest BCUT2D eigenvalue weighted by Crippen LogP contribution is -2.32. The second kappa shape index (κ2) is 9.05. The molecule has 3 heteroatoms. The van der Waals surface area contributed by atoms with E-state index in [1.165, 1.54) is 12.0 Å². The van der Waals surface area contributed by atoms with Gasteiger partial charge in [-0.3, -0.25) is 0 Å². The Morgan fingerprint density at radius 2 is 1.89 bits per heavy atom. The largest absolute Gasteiger partial charge is 0.393 e. The van der Waals surface area contributed by atoms with E-state index in [2.05, 4.69) is 49.1 Å². The van der Waals surface area contributed by atoms with Gasteiger partial charge in [0, 0.05) is 19.5 Å². The lowest BCUT2D eigenvalue weighted by molar-refractivity contribution is 0.248. The quantitative estimate of drug-likeness (QED) is 0.703. The fourth-order valence-corrected chi connectivity index (χ4v) is 2.32. The van der Waals surface area contributed by atoms with Crippen LogP contribution in [0.15, 0.2) is 30.3 Å². The second-order valence-corrected chi connectivity index (χ2v) is 6.02. The predicted octanol–water partition coefficient (Wildman–Crippen LogP) is 3.25. The van der Waals surface area contributed by atoms with Gasteiger partial charge in [0.1, 0.15) is 0 Å². The molecule has 1 aromatic rings. The first-order valence-electron chi connectivity index (χ1n) is 7.12. The molecule has 0 bridgehead atoms. The van der Waals surface area contributed by atoms with E-state index in [1.807, 2.05) is 0 Å². The molecule has 0 aliphatic rings. The third-order valence-corrected chi connectivity index (χ3v) is 3.28. The van der Waals surface area contributed by atoms with E-state index >= 15 is 0 Å². The Morgan fingerprint density at radius 3 is 2.47 bits per heavy atom. The highest BCUT2D eigenvalue weighted by molar-refractivity contribution is 7.80. The van der Waals surface area contributed by atoms with Crippen molar-refractivity contribution in [3.63, 3.8) is 0 Å². The zero-order valence-corrected chi connectivity index (χ0v) is 13.0. The highest BCUT2D eigenvalue weighted by Crippen LogP contribution is 2.06. The number of hydrogen-bond acceptors (Lipinski definition) is 2. The molecule has 2 N–H and O–H groups in total. The molecule has 2 nitrogen and oxygen atoms in total. The van der Waals surface area contributed by atoms with Crippen molar-refractivity contribution in [3.05, 3.63) is 35.9 Å². The number of benzene rings is 1. The number of thiocarbonyl (C=S) groups is 1. The zero-order valence-electron chi connectivity index (χ0n) is 12.1. The molecule has 106 valence electrons.